The Morgan fingerprint density at radius 2 is 1.89 bits per heavy atom. The second kappa shape index (κ2) is 12.5. The fourth-order valence-electron chi connectivity index (χ4n) is 3.25. The molecule has 37 heavy (non-hydrogen) atoms. The summed E-state index contributed by atoms with van der Waals surface area (Å²) in [6.07, 6.45) is 1.51. The van der Waals surface area contributed by atoms with Crippen molar-refractivity contribution in [1.82, 2.24) is 10.4 Å². The predicted octanol–water partition coefficient (Wildman–Crippen LogP) is 6.27. The molecule has 0 saturated heterocycles. The number of nitriles is 1. The van der Waals surface area contributed by atoms with E-state index in [0.29, 0.717) is 34.3 Å². The van der Waals surface area contributed by atoms with E-state index in [0.717, 1.165) is 22.1 Å². The third-order valence-electron chi connectivity index (χ3n) is 4.98. The molecule has 8 nitrogen and oxygen atoms in total. The molecule has 1 amide bonds. The zero-order valence-corrected chi connectivity index (χ0v) is 21.3. The number of nitrogens with zero attached hydrogens (tertiary/aromatic N) is 3. The van der Waals surface area contributed by atoms with E-state index in [1.165, 1.54) is 17.6 Å². The van der Waals surface area contributed by atoms with Crippen LogP contribution in [0.15, 0.2) is 77.2 Å². The van der Waals surface area contributed by atoms with Gasteiger partial charge in [0.25, 0.3) is 5.91 Å². The number of ether oxygens (including phenoxy) is 2. The molecule has 1 heterocycles. The van der Waals surface area contributed by atoms with Crippen molar-refractivity contribution in [1.29, 1.82) is 5.26 Å². The van der Waals surface area contributed by atoms with E-state index in [1.807, 2.05) is 54.8 Å². The van der Waals surface area contributed by atoms with Gasteiger partial charge in [0.2, 0.25) is 0 Å². The number of aromatic nitrogens is 1. The number of amides is 1. The summed E-state index contributed by atoms with van der Waals surface area (Å²) in [7, 11) is 0. The van der Waals surface area contributed by atoms with Gasteiger partial charge in [0.15, 0.2) is 23.2 Å². The van der Waals surface area contributed by atoms with E-state index < -0.39 is 0 Å². The normalized spacial score (nSPS) is 10.6. The number of nitrogens with one attached hydrogen (secondary N) is 2. The number of carbonyl (C=O) groups is 1. The topological polar surface area (TPSA) is 109 Å². The summed E-state index contributed by atoms with van der Waals surface area (Å²) in [5.41, 5.74) is 6.29. The van der Waals surface area contributed by atoms with Crippen molar-refractivity contribution in [2.75, 3.05) is 18.5 Å². The van der Waals surface area contributed by atoms with Gasteiger partial charge in [-0.1, -0.05) is 23.7 Å². The molecular formula is C27H22ClN5O3S. The van der Waals surface area contributed by atoms with Crippen molar-refractivity contribution in [3.63, 3.8) is 0 Å². The maximum atomic E-state index is 12.5. The molecule has 10 heteroatoms. The highest BCUT2D eigenvalue weighted by atomic mass is 35.5. The van der Waals surface area contributed by atoms with Crippen LogP contribution in [-0.4, -0.2) is 30.3 Å². The van der Waals surface area contributed by atoms with Gasteiger partial charge < -0.3 is 14.8 Å². The van der Waals surface area contributed by atoms with Crippen molar-refractivity contribution in [3.8, 4) is 28.8 Å². The van der Waals surface area contributed by atoms with Crippen molar-refractivity contribution in [2.24, 2.45) is 5.10 Å². The Labute approximate surface area is 223 Å². The maximum absolute atomic E-state index is 12.5. The number of anilines is 2. The first-order chi connectivity index (χ1) is 18.1. The van der Waals surface area contributed by atoms with Gasteiger partial charge >= 0.3 is 0 Å². The van der Waals surface area contributed by atoms with E-state index in [2.05, 4.69) is 20.8 Å². The highest BCUT2D eigenvalue weighted by molar-refractivity contribution is 7.14. The van der Waals surface area contributed by atoms with Crippen LogP contribution in [0, 0.1) is 11.3 Å². The Morgan fingerprint density at radius 3 is 2.62 bits per heavy atom. The summed E-state index contributed by atoms with van der Waals surface area (Å²) in [6, 6.07) is 21.6. The van der Waals surface area contributed by atoms with Gasteiger partial charge in [-0.05, 0) is 67.1 Å². The highest BCUT2D eigenvalue weighted by Crippen LogP contribution is 2.29. The molecule has 0 radical (unpaired) electrons. The quantitative estimate of drug-likeness (QED) is 0.184. The Balaban J connectivity index is 1.36. The van der Waals surface area contributed by atoms with Crippen LogP contribution in [0.4, 0.5) is 10.8 Å². The van der Waals surface area contributed by atoms with Crippen molar-refractivity contribution >= 4 is 45.9 Å². The molecule has 0 unspecified atom stereocenters. The van der Waals surface area contributed by atoms with Gasteiger partial charge in [-0.2, -0.15) is 10.4 Å². The molecule has 1 aromatic heterocycles. The van der Waals surface area contributed by atoms with Crippen molar-refractivity contribution < 1.29 is 14.3 Å². The fraction of sp³-hybridized carbons (Fsp3) is 0.111. The lowest BCUT2D eigenvalue weighted by atomic mass is 10.1. The Kier molecular flexibility index (Phi) is 8.70. The van der Waals surface area contributed by atoms with Gasteiger partial charge in [0.1, 0.15) is 6.07 Å². The van der Waals surface area contributed by atoms with Crippen LogP contribution < -0.4 is 20.2 Å². The molecule has 0 aliphatic rings. The van der Waals surface area contributed by atoms with E-state index in [-0.39, 0.29) is 12.5 Å². The third kappa shape index (κ3) is 7.07. The number of hydrogen-bond acceptors (Lipinski definition) is 8. The minimum atomic E-state index is -0.342. The van der Waals surface area contributed by atoms with Gasteiger partial charge in [-0.25, -0.2) is 10.4 Å². The molecule has 4 rings (SSSR count). The fourth-order valence-corrected chi connectivity index (χ4v) is 4.11. The van der Waals surface area contributed by atoms with Crippen LogP contribution >= 0.6 is 22.9 Å². The van der Waals surface area contributed by atoms with E-state index >= 15 is 0 Å². The molecule has 0 fully saturated rings. The lowest BCUT2D eigenvalue weighted by Crippen LogP contribution is -2.17. The van der Waals surface area contributed by atoms with E-state index in [1.54, 1.807) is 30.3 Å². The van der Waals surface area contributed by atoms with Crippen LogP contribution in [0.2, 0.25) is 5.02 Å². The number of thiazole rings is 1. The molecule has 2 N–H and O–H groups in total. The molecular weight excluding hydrogens is 510 g/mol. The summed E-state index contributed by atoms with van der Waals surface area (Å²) in [6.45, 7) is 2.22. The molecule has 3 aromatic carbocycles. The first kappa shape index (κ1) is 25.7. The van der Waals surface area contributed by atoms with Crippen LogP contribution in [0.1, 0.15) is 22.8 Å². The van der Waals surface area contributed by atoms with Crippen LogP contribution in [-0.2, 0) is 0 Å². The summed E-state index contributed by atoms with van der Waals surface area (Å²) in [5.74, 6) is 0.625. The standard InChI is InChI=1S/C27H22ClN5O3S/c1-2-35-25-15-18(3-12-24(25)36-14-13-29)16-30-33-26(34)20-6-4-19(5-7-20)23-17-37-27(32-23)31-22-10-8-21(28)9-11-22/h3-12,15-17H,2,14H2,1H3,(H,31,32)(H,33,34)/b30-16-. The van der Waals surface area contributed by atoms with E-state index in [9.17, 15) is 4.79 Å². The molecule has 0 spiro atoms. The Bertz CT molecular complexity index is 1430. The monoisotopic (exact) mass is 531 g/mol. The van der Waals surface area contributed by atoms with Gasteiger partial charge in [0.05, 0.1) is 18.5 Å². The predicted molar refractivity (Wildman–Crippen MR) is 146 cm³/mol. The average molecular weight is 532 g/mol. The third-order valence-corrected chi connectivity index (χ3v) is 5.99. The minimum absolute atomic E-state index is 0.0771. The minimum Gasteiger partial charge on any atom is -0.490 e. The molecule has 0 bridgehead atoms. The molecule has 0 aliphatic heterocycles. The lowest BCUT2D eigenvalue weighted by molar-refractivity contribution is 0.0955. The Hall–Kier alpha value is -4.39. The van der Waals surface area contributed by atoms with Crippen LogP contribution in [0.25, 0.3) is 11.3 Å². The zero-order valence-electron chi connectivity index (χ0n) is 19.8. The van der Waals surface area contributed by atoms with Gasteiger partial charge in [0, 0.05) is 27.2 Å². The van der Waals surface area contributed by atoms with Crippen molar-refractivity contribution in [2.45, 2.75) is 6.92 Å². The zero-order chi connectivity index (χ0) is 26.0. The number of benzene rings is 3. The number of hydrogen-bond donors (Lipinski definition) is 2. The van der Waals surface area contributed by atoms with Gasteiger partial charge in [-0.15, -0.1) is 11.3 Å². The first-order valence-corrected chi connectivity index (χ1v) is 12.5. The lowest BCUT2D eigenvalue weighted by Gasteiger charge is -2.10. The van der Waals surface area contributed by atoms with E-state index in [4.69, 9.17) is 26.3 Å². The first-order valence-electron chi connectivity index (χ1n) is 11.2. The molecule has 0 aliphatic carbocycles. The second-order valence-electron chi connectivity index (χ2n) is 7.53. The SMILES string of the molecule is CCOc1cc(/C=N\NC(=O)c2ccc(-c3csc(Nc4ccc(Cl)cc4)n3)cc2)ccc1OCC#N. The van der Waals surface area contributed by atoms with Crippen molar-refractivity contribution in [3.05, 3.63) is 88.3 Å². The molecule has 0 atom stereocenters. The molecule has 186 valence electrons. The smallest absolute Gasteiger partial charge is 0.271 e. The average Bonchev–Trinajstić information content (AvgIpc) is 3.38. The summed E-state index contributed by atoms with van der Waals surface area (Å²) >= 11 is 7.42. The summed E-state index contributed by atoms with van der Waals surface area (Å²) in [4.78, 5) is 17.1. The summed E-state index contributed by atoms with van der Waals surface area (Å²) < 4.78 is 10.9. The summed E-state index contributed by atoms with van der Waals surface area (Å²) in [5, 5.41) is 19.4. The molecule has 0 saturated carbocycles. The number of hydrazone groups is 1. The number of carbonyl (C=O) groups excluding carboxylic acids is 1. The molecule has 4 aromatic rings. The maximum Gasteiger partial charge on any atom is 0.271 e. The number of halogens is 1. The van der Waals surface area contributed by atoms with Crippen LogP contribution in [0.3, 0.4) is 0 Å². The van der Waals surface area contributed by atoms with Crippen LogP contribution in [0.5, 0.6) is 11.5 Å². The van der Waals surface area contributed by atoms with Gasteiger partial charge in [-0.3, -0.25) is 4.79 Å². The largest absolute Gasteiger partial charge is 0.490 e. The highest BCUT2D eigenvalue weighted by Gasteiger charge is 2.09. The number of rotatable bonds is 10. The second-order valence-corrected chi connectivity index (χ2v) is 8.83. The Morgan fingerprint density at radius 1 is 1.11 bits per heavy atom.